The highest BCUT2D eigenvalue weighted by Crippen LogP contribution is 2.31. The predicted molar refractivity (Wildman–Crippen MR) is 98.4 cm³/mol. The molecule has 0 amide bonds. The first-order valence-electron chi connectivity index (χ1n) is 7.24. The Bertz CT molecular complexity index is 968. The lowest BCUT2D eigenvalue weighted by atomic mass is 10.3. The number of hydrogen-bond donors (Lipinski definition) is 1. The van der Waals surface area contributed by atoms with Gasteiger partial charge in [0.2, 0.25) is 10.9 Å². The van der Waals surface area contributed by atoms with Gasteiger partial charge < -0.3 is 14.3 Å². The summed E-state index contributed by atoms with van der Waals surface area (Å²) in [4.78, 5) is 0. The molecule has 0 spiro atoms. The molecule has 0 aliphatic rings. The number of nitrogens with zero attached hydrogens (tertiary/aromatic N) is 3. The molecule has 126 valence electrons. The zero-order chi connectivity index (χ0) is 17.1. The zero-order valence-corrected chi connectivity index (χ0v) is 15.1. The van der Waals surface area contributed by atoms with E-state index in [0.29, 0.717) is 27.4 Å². The highest BCUT2D eigenvalue weighted by molar-refractivity contribution is 8.00. The van der Waals surface area contributed by atoms with Crippen LogP contribution < -0.4 is 5.32 Å². The van der Waals surface area contributed by atoms with E-state index in [1.54, 1.807) is 18.0 Å². The largest absolute Gasteiger partial charge is 0.461 e. The van der Waals surface area contributed by atoms with Crippen molar-refractivity contribution in [2.45, 2.75) is 10.1 Å². The number of nitrogens with one attached hydrogen (secondary N) is 1. The number of rotatable bonds is 6. The number of furan rings is 1. The second-order valence-corrected chi connectivity index (χ2v) is 7.59. The molecule has 3 heterocycles. The molecule has 0 fully saturated rings. The third kappa shape index (κ3) is 4.04. The van der Waals surface area contributed by atoms with Gasteiger partial charge in [0.25, 0.3) is 0 Å². The summed E-state index contributed by atoms with van der Waals surface area (Å²) in [5.74, 6) is 1.91. The fourth-order valence-corrected chi connectivity index (χ4v) is 3.90. The van der Waals surface area contributed by atoms with Crippen molar-refractivity contribution in [1.29, 1.82) is 0 Å². The maximum absolute atomic E-state index is 5.97. The minimum atomic E-state index is 0.612. The summed E-state index contributed by atoms with van der Waals surface area (Å²) in [5.41, 5.74) is 1.69. The number of aromatic nitrogens is 3. The lowest BCUT2D eigenvalue weighted by Gasteiger charge is -2.00. The molecule has 0 saturated heterocycles. The van der Waals surface area contributed by atoms with E-state index in [1.807, 2.05) is 42.5 Å². The van der Waals surface area contributed by atoms with Crippen LogP contribution in [0.3, 0.4) is 0 Å². The Hall–Kier alpha value is -2.29. The van der Waals surface area contributed by atoms with Crippen molar-refractivity contribution >= 4 is 45.5 Å². The molecule has 4 aromatic rings. The van der Waals surface area contributed by atoms with E-state index in [9.17, 15) is 0 Å². The Balaban J connectivity index is 1.37. The van der Waals surface area contributed by atoms with Crippen LogP contribution in [0.2, 0.25) is 5.02 Å². The van der Waals surface area contributed by atoms with Crippen molar-refractivity contribution in [1.82, 2.24) is 15.4 Å². The summed E-state index contributed by atoms with van der Waals surface area (Å²) in [6, 6.07) is 13.0. The lowest BCUT2D eigenvalue weighted by molar-refractivity contribution is 0.413. The van der Waals surface area contributed by atoms with Gasteiger partial charge >= 0.3 is 0 Å². The quantitative estimate of drug-likeness (QED) is 0.437. The molecule has 0 aliphatic carbocycles. The van der Waals surface area contributed by atoms with E-state index in [-0.39, 0.29) is 0 Å². The molecule has 0 atom stereocenters. The van der Waals surface area contributed by atoms with Crippen molar-refractivity contribution in [3.8, 4) is 11.5 Å². The van der Waals surface area contributed by atoms with Crippen LogP contribution in [-0.4, -0.2) is 15.4 Å². The van der Waals surface area contributed by atoms with Crippen LogP contribution in [0.15, 0.2) is 62.0 Å². The molecule has 0 saturated carbocycles. The molecule has 3 aromatic heterocycles. The van der Waals surface area contributed by atoms with Gasteiger partial charge in [-0.15, -0.1) is 10.2 Å². The molecule has 4 rings (SSSR count). The number of anilines is 2. The maximum atomic E-state index is 5.97. The van der Waals surface area contributed by atoms with Crippen molar-refractivity contribution in [3.05, 3.63) is 59.4 Å². The van der Waals surface area contributed by atoms with Crippen LogP contribution in [0.5, 0.6) is 0 Å². The van der Waals surface area contributed by atoms with Gasteiger partial charge in [-0.1, -0.05) is 45.9 Å². The Labute approximate surface area is 156 Å². The van der Waals surface area contributed by atoms with Crippen molar-refractivity contribution in [2.24, 2.45) is 0 Å². The first kappa shape index (κ1) is 16.2. The van der Waals surface area contributed by atoms with E-state index in [2.05, 4.69) is 20.7 Å². The second-order valence-electron chi connectivity index (χ2n) is 4.96. The van der Waals surface area contributed by atoms with Crippen molar-refractivity contribution in [3.63, 3.8) is 0 Å². The van der Waals surface area contributed by atoms with Crippen LogP contribution in [0, 0.1) is 0 Å². The first-order chi connectivity index (χ1) is 12.3. The average Bonchev–Trinajstić information content (AvgIpc) is 3.34. The average molecular weight is 391 g/mol. The number of halogens is 1. The number of hydrogen-bond acceptors (Lipinski definition) is 8. The molecule has 0 bridgehead atoms. The highest BCUT2D eigenvalue weighted by atomic mass is 35.5. The van der Waals surface area contributed by atoms with Gasteiger partial charge in [-0.2, -0.15) is 0 Å². The Morgan fingerprint density at radius 1 is 1.12 bits per heavy atom. The smallest absolute Gasteiger partial charge is 0.210 e. The SMILES string of the molecule is Clc1cccc(Nc2nnc(SCc3cc(-c4ccco4)on3)s2)c1. The summed E-state index contributed by atoms with van der Waals surface area (Å²) in [6.45, 7) is 0. The first-order valence-corrected chi connectivity index (χ1v) is 9.43. The molecular weight excluding hydrogens is 380 g/mol. The Morgan fingerprint density at radius 3 is 2.92 bits per heavy atom. The van der Waals surface area contributed by atoms with Crippen LogP contribution >= 0.6 is 34.7 Å². The van der Waals surface area contributed by atoms with E-state index in [4.69, 9.17) is 20.5 Å². The van der Waals surface area contributed by atoms with Crippen LogP contribution in [-0.2, 0) is 5.75 Å². The molecule has 0 aliphatic heterocycles. The van der Waals surface area contributed by atoms with E-state index in [1.165, 1.54) is 11.3 Å². The topological polar surface area (TPSA) is 77.0 Å². The summed E-state index contributed by atoms with van der Waals surface area (Å²) in [5, 5.41) is 16.9. The minimum absolute atomic E-state index is 0.612. The normalized spacial score (nSPS) is 10.9. The van der Waals surface area contributed by atoms with Gasteiger partial charge in [0.15, 0.2) is 10.1 Å². The van der Waals surface area contributed by atoms with Gasteiger partial charge in [0.05, 0.1) is 12.0 Å². The van der Waals surface area contributed by atoms with Crippen LogP contribution in [0.1, 0.15) is 5.69 Å². The van der Waals surface area contributed by atoms with Gasteiger partial charge in [-0.25, -0.2) is 0 Å². The summed E-state index contributed by atoms with van der Waals surface area (Å²) >= 11 is 8.98. The van der Waals surface area contributed by atoms with Crippen LogP contribution in [0.4, 0.5) is 10.8 Å². The minimum Gasteiger partial charge on any atom is -0.461 e. The van der Waals surface area contributed by atoms with Crippen LogP contribution in [0.25, 0.3) is 11.5 Å². The lowest BCUT2D eigenvalue weighted by Crippen LogP contribution is -1.88. The monoisotopic (exact) mass is 390 g/mol. The Morgan fingerprint density at radius 2 is 2.08 bits per heavy atom. The molecule has 6 nitrogen and oxygen atoms in total. The third-order valence-corrected chi connectivity index (χ3v) is 5.39. The molecule has 1 aromatic carbocycles. The van der Waals surface area contributed by atoms with Crippen molar-refractivity contribution in [2.75, 3.05) is 5.32 Å². The van der Waals surface area contributed by atoms with E-state index in [0.717, 1.165) is 15.7 Å². The zero-order valence-electron chi connectivity index (χ0n) is 12.7. The molecule has 25 heavy (non-hydrogen) atoms. The molecule has 9 heteroatoms. The van der Waals surface area contributed by atoms with Crippen molar-refractivity contribution < 1.29 is 8.94 Å². The maximum Gasteiger partial charge on any atom is 0.210 e. The fraction of sp³-hybridized carbons (Fsp3) is 0.0625. The van der Waals surface area contributed by atoms with E-state index < -0.39 is 0 Å². The molecule has 0 unspecified atom stereocenters. The second kappa shape index (κ2) is 7.30. The van der Waals surface area contributed by atoms with E-state index >= 15 is 0 Å². The predicted octanol–water partition coefficient (Wildman–Crippen LogP) is 5.48. The summed E-state index contributed by atoms with van der Waals surface area (Å²) in [6.07, 6.45) is 1.60. The molecule has 1 N–H and O–H groups in total. The molecular formula is C16H11ClN4O2S2. The standard InChI is InChI=1S/C16H11ClN4O2S2/c17-10-3-1-4-11(7-10)18-15-19-20-16(25-15)24-9-12-8-14(23-21-12)13-5-2-6-22-13/h1-8H,9H2,(H,18,19). The van der Waals surface area contributed by atoms with Gasteiger partial charge in [-0.05, 0) is 30.3 Å². The van der Waals surface area contributed by atoms with Gasteiger partial charge in [0, 0.05) is 22.5 Å². The Kier molecular flexibility index (Phi) is 4.73. The number of benzene rings is 1. The summed E-state index contributed by atoms with van der Waals surface area (Å²) in [7, 11) is 0. The van der Waals surface area contributed by atoms with Gasteiger partial charge in [0.1, 0.15) is 0 Å². The third-order valence-electron chi connectivity index (χ3n) is 3.15. The summed E-state index contributed by atoms with van der Waals surface area (Å²) < 4.78 is 11.4. The van der Waals surface area contributed by atoms with Gasteiger partial charge in [-0.3, -0.25) is 0 Å². The fourth-order valence-electron chi connectivity index (χ4n) is 2.06. The highest BCUT2D eigenvalue weighted by Gasteiger charge is 2.11. The number of thioether (sulfide) groups is 1. The molecule has 0 radical (unpaired) electrons.